The van der Waals surface area contributed by atoms with Gasteiger partial charge in [0.2, 0.25) is 11.7 Å². The molecule has 1 heterocycles. The highest BCUT2D eigenvalue weighted by molar-refractivity contribution is 7.98. The van der Waals surface area contributed by atoms with Crippen LogP contribution >= 0.6 is 11.8 Å². The fourth-order valence-electron chi connectivity index (χ4n) is 2.77. The molecule has 1 fully saturated rings. The monoisotopic (exact) mass is 289 g/mol. The SMILES string of the molecule is CSc1ccc(-c2noc(C3(C)CCCC3N)n2)cc1. The fraction of sp³-hybridized carbons (Fsp3) is 0.467. The van der Waals surface area contributed by atoms with Gasteiger partial charge in [-0.3, -0.25) is 0 Å². The maximum Gasteiger partial charge on any atom is 0.234 e. The Labute approximate surface area is 123 Å². The molecule has 1 aliphatic carbocycles. The van der Waals surface area contributed by atoms with Gasteiger partial charge in [0.05, 0.1) is 5.41 Å². The van der Waals surface area contributed by atoms with Crippen LogP contribution in [0.15, 0.2) is 33.7 Å². The Morgan fingerprint density at radius 2 is 2.10 bits per heavy atom. The number of rotatable bonds is 3. The highest BCUT2D eigenvalue weighted by atomic mass is 32.2. The van der Waals surface area contributed by atoms with Crippen LogP contribution in [-0.4, -0.2) is 22.4 Å². The molecule has 1 aromatic heterocycles. The number of nitrogens with zero attached hydrogens (tertiary/aromatic N) is 2. The van der Waals surface area contributed by atoms with E-state index < -0.39 is 0 Å². The third-order valence-electron chi connectivity index (χ3n) is 4.29. The van der Waals surface area contributed by atoms with Gasteiger partial charge in [0, 0.05) is 16.5 Å². The van der Waals surface area contributed by atoms with E-state index >= 15 is 0 Å². The van der Waals surface area contributed by atoms with Crippen LogP contribution in [-0.2, 0) is 5.41 Å². The molecule has 1 aromatic carbocycles. The van der Waals surface area contributed by atoms with E-state index in [0.29, 0.717) is 11.7 Å². The van der Waals surface area contributed by atoms with Crippen molar-refractivity contribution in [2.75, 3.05) is 6.26 Å². The van der Waals surface area contributed by atoms with Crippen LogP contribution in [0.25, 0.3) is 11.4 Å². The van der Waals surface area contributed by atoms with E-state index in [1.807, 2.05) is 12.1 Å². The molecule has 4 nitrogen and oxygen atoms in total. The Morgan fingerprint density at radius 1 is 1.35 bits per heavy atom. The molecule has 0 aliphatic heterocycles. The van der Waals surface area contributed by atoms with E-state index in [4.69, 9.17) is 10.3 Å². The van der Waals surface area contributed by atoms with Gasteiger partial charge in [0.1, 0.15) is 0 Å². The summed E-state index contributed by atoms with van der Waals surface area (Å²) in [5, 5.41) is 4.12. The summed E-state index contributed by atoms with van der Waals surface area (Å²) in [5.74, 6) is 1.32. The van der Waals surface area contributed by atoms with Gasteiger partial charge in [0.15, 0.2) is 0 Å². The zero-order valence-corrected chi connectivity index (χ0v) is 12.6. The zero-order chi connectivity index (χ0) is 14.2. The van der Waals surface area contributed by atoms with E-state index in [0.717, 1.165) is 24.8 Å². The maximum atomic E-state index is 6.20. The quantitative estimate of drug-likeness (QED) is 0.879. The summed E-state index contributed by atoms with van der Waals surface area (Å²) in [5.41, 5.74) is 7.00. The highest BCUT2D eigenvalue weighted by Gasteiger charge is 2.42. The lowest BCUT2D eigenvalue weighted by atomic mass is 9.85. The average molecular weight is 289 g/mol. The van der Waals surface area contributed by atoms with Gasteiger partial charge in [-0.25, -0.2) is 0 Å². The first kappa shape index (κ1) is 13.6. The number of hydrogen-bond acceptors (Lipinski definition) is 5. The summed E-state index contributed by atoms with van der Waals surface area (Å²) in [4.78, 5) is 5.80. The number of thioether (sulfide) groups is 1. The molecule has 3 rings (SSSR count). The van der Waals surface area contributed by atoms with Crippen LogP contribution in [0.1, 0.15) is 32.1 Å². The van der Waals surface area contributed by atoms with Crippen molar-refractivity contribution in [1.29, 1.82) is 0 Å². The van der Waals surface area contributed by atoms with Crippen molar-refractivity contribution in [3.8, 4) is 11.4 Å². The molecule has 0 bridgehead atoms. The third-order valence-corrected chi connectivity index (χ3v) is 5.04. The second-order valence-electron chi connectivity index (χ2n) is 5.57. The molecule has 20 heavy (non-hydrogen) atoms. The number of benzene rings is 1. The molecule has 2 aromatic rings. The van der Waals surface area contributed by atoms with Gasteiger partial charge in [-0.1, -0.05) is 11.6 Å². The van der Waals surface area contributed by atoms with Crippen LogP contribution in [0.5, 0.6) is 0 Å². The molecule has 0 amide bonds. The Balaban J connectivity index is 1.89. The van der Waals surface area contributed by atoms with Gasteiger partial charge in [-0.15, -0.1) is 11.8 Å². The molecule has 2 atom stereocenters. The van der Waals surface area contributed by atoms with Gasteiger partial charge in [-0.05, 0) is 50.3 Å². The fourth-order valence-corrected chi connectivity index (χ4v) is 3.18. The molecule has 1 aliphatic rings. The third kappa shape index (κ3) is 2.25. The van der Waals surface area contributed by atoms with Crippen molar-refractivity contribution in [3.63, 3.8) is 0 Å². The van der Waals surface area contributed by atoms with Crippen LogP contribution in [0.4, 0.5) is 0 Å². The van der Waals surface area contributed by atoms with E-state index in [9.17, 15) is 0 Å². The summed E-state index contributed by atoms with van der Waals surface area (Å²) in [7, 11) is 0. The summed E-state index contributed by atoms with van der Waals surface area (Å²) in [6, 6.07) is 8.29. The molecule has 2 N–H and O–H groups in total. The number of nitrogens with two attached hydrogens (primary N) is 1. The average Bonchev–Trinajstić information content (AvgIpc) is 3.08. The van der Waals surface area contributed by atoms with Crippen LogP contribution in [0.2, 0.25) is 0 Å². The predicted molar refractivity (Wildman–Crippen MR) is 80.7 cm³/mol. The molecule has 106 valence electrons. The van der Waals surface area contributed by atoms with Crippen LogP contribution in [0, 0.1) is 0 Å². The number of aromatic nitrogens is 2. The highest BCUT2D eigenvalue weighted by Crippen LogP contribution is 2.39. The lowest BCUT2D eigenvalue weighted by Gasteiger charge is -2.23. The van der Waals surface area contributed by atoms with Crippen LogP contribution < -0.4 is 5.73 Å². The smallest absolute Gasteiger partial charge is 0.234 e. The second-order valence-corrected chi connectivity index (χ2v) is 6.45. The molecular formula is C15H19N3OS. The van der Waals surface area contributed by atoms with Gasteiger partial charge >= 0.3 is 0 Å². The van der Waals surface area contributed by atoms with Gasteiger partial charge in [0.25, 0.3) is 0 Å². The summed E-state index contributed by atoms with van der Waals surface area (Å²) < 4.78 is 5.49. The van der Waals surface area contributed by atoms with Crippen molar-refractivity contribution < 1.29 is 4.52 Å². The van der Waals surface area contributed by atoms with Crippen molar-refractivity contribution in [3.05, 3.63) is 30.2 Å². The normalized spacial score (nSPS) is 26.1. The second kappa shape index (κ2) is 5.22. The predicted octanol–water partition coefficient (Wildman–Crippen LogP) is 3.23. The Bertz CT molecular complexity index is 595. The topological polar surface area (TPSA) is 64.9 Å². The molecular weight excluding hydrogens is 270 g/mol. The maximum absolute atomic E-state index is 6.20. The Kier molecular flexibility index (Phi) is 3.56. The van der Waals surface area contributed by atoms with Gasteiger partial charge < -0.3 is 10.3 Å². The standard InChI is InChI=1S/C15H19N3OS/c1-15(9-3-4-12(15)16)14-17-13(18-19-14)10-5-7-11(20-2)8-6-10/h5-8,12H,3-4,9,16H2,1-2H3. The number of hydrogen-bond donors (Lipinski definition) is 1. The first-order valence-electron chi connectivity index (χ1n) is 6.88. The van der Waals surface area contributed by atoms with Crippen molar-refractivity contribution >= 4 is 11.8 Å². The summed E-state index contributed by atoms with van der Waals surface area (Å²) in [6.45, 7) is 2.12. The van der Waals surface area contributed by atoms with Gasteiger partial charge in [-0.2, -0.15) is 4.98 Å². The molecule has 5 heteroatoms. The van der Waals surface area contributed by atoms with E-state index in [1.54, 1.807) is 11.8 Å². The molecule has 0 radical (unpaired) electrons. The minimum Gasteiger partial charge on any atom is -0.338 e. The molecule has 1 saturated carbocycles. The van der Waals surface area contributed by atoms with E-state index in [-0.39, 0.29) is 11.5 Å². The molecule has 2 unspecified atom stereocenters. The van der Waals surface area contributed by atoms with Crippen molar-refractivity contribution in [1.82, 2.24) is 10.1 Å². The lowest BCUT2D eigenvalue weighted by Crippen LogP contribution is -2.38. The first-order valence-corrected chi connectivity index (χ1v) is 8.10. The Hall–Kier alpha value is -1.33. The molecule has 0 saturated heterocycles. The van der Waals surface area contributed by atoms with Crippen molar-refractivity contribution in [2.45, 2.75) is 42.5 Å². The van der Waals surface area contributed by atoms with Crippen molar-refractivity contribution in [2.24, 2.45) is 5.73 Å². The zero-order valence-electron chi connectivity index (χ0n) is 11.8. The van der Waals surface area contributed by atoms with E-state index in [1.165, 1.54) is 4.90 Å². The summed E-state index contributed by atoms with van der Waals surface area (Å²) >= 11 is 1.72. The van der Waals surface area contributed by atoms with Crippen LogP contribution in [0.3, 0.4) is 0 Å². The Morgan fingerprint density at radius 3 is 2.70 bits per heavy atom. The molecule has 0 spiro atoms. The minimum absolute atomic E-state index is 0.106. The van der Waals surface area contributed by atoms with E-state index in [2.05, 4.69) is 35.5 Å². The largest absolute Gasteiger partial charge is 0.338 e. The lowest BCUT2D eigenvalue weighted by molar-refractivity contribution is 0.278. The summed E-state index contributed by atoms with van der Waals surface area (Å²) in [6.07, 6.45) is 5.22. The first-order chi connectivity index (χ1) is 9.63. The minimum atomic E-state index is -0.176.